The van der Waals surface area contributed by atoms with Gasteiger partial charge in [-0.3, -0.25) is 14.6 Å². The lowest BCUT2D eigenvalue weighted by Crippen LogP contribution is -2.54. The third-order valence-corrected chi connectivity index (χ3v) is 13.4. The molecule has 4 heterocycles. The van der Waals surface area contributed by atoms with Crippen molar-refractivity contribution in [2.75, 3.05) is 27.3 Å². The third kappa shape index (κ3) is 8.09. The maximum Gasteiger partial charge on any atom is 0.407 e. The fourth-order valence-corrected chi connectivity index (χ4v) is 10.2. The van der Waals surface area contributed by atoms with E-state index in [-0.39, 0.29) is 35.7 Å². The number of amides is 4. The Balaban J connectivity index is 1.02. The number of alkyl carbamates (subject to hydrolysis) is 2. The van der Waals surface area contributed by atoms with Gasteiger partial charge in [-0.15, -0.1) is 0 Å². The van der Waals surface area contributed by atoms with Gasteiger partial charge in [-0.1, -0.05) is 87.4 Å². The van der Waals surface area contributed by atoms with Crippen molar-refractivity contribution in [1.82, 2.24) is 30.4 Å². The molecule has 9 rings (SSSR count). The average molecular weight is 842 g/mol. The van der Waals surface area contributed by atoms with Crippen LogP contribution in [0.5, 0.6) is 0 Å². The van der Waals surface area contributed by atoms with Crippen molar-refractivity contribution in [1.29, 1.82) is 0 Å². The second kappa shape index (κ2) is 17.4. The molecular formula is C49H59N7O6. The minimum Gasteiger partial charge on any atom is -0.453 e. The van der Waals surface area contributed by atoms with Crippen LogP contribution in [0.3, 0.4) is 0 Å². The molecule has 0 radical (unpaired) electrons. The van der Waals surface area contributed by atoms with Gasteiger partial charge in [-0.25, -0.2) is 14.6 Å². The molecule has 1 fully saturated rings. The van der Waals surface area contributed by atoms with Gasteiger partial charge in [0.05, 0.1) is 32.2 Å². The minimum atomic E-state index is -0.731. The predicted octanol–water partition coefficient (Wildman–Crippen LogP) is 8.43. The molecule has 3 aliphatic heterocycles. The van der Waals surface area contributed by atoms with Crippen LogP contribution in [0.1, 0.15) is 114 Å². The first-order chi connectivity index (χ1) is 29.8. The molecule has 1 aromatic heterocycles. The van der Waals surface area contributed by atoms with E-state index < -0.39 is 24.3 Å². The number of carbonyl (C=O) groups is 4. The molecule has 4 amide bonds. The Morgan fingerprint density at radius 3 is 1.76 bits per heavy atom. The van der Waals surface area contributed by atoms with E-state index in [1.54, 1.807) is 4.90 Å². The van der Waals surface area contributed by atoms with Crippen LogP contribution in [0.25, 0.3) is 28.0 Å². The lowest BCUT2D eigenvalue weighted by Gasteiger charge is -2.41. The van der Waals surface area contributed by atoms with E-state index in [0.29, 0.717) is 37.2 Å². The zero-order valence-corrected chi connectivity index (χ0v) is 37.1. The highest BCUT2D eigenvalue weighted by molar-refractivity contribution is 6.05. The van der Waals surface area contributed by atoms with Crippen molar-refractivity contribution in [3.8, 4) is 22.4 Å². The molecule has 13 nitrogen and oxygen atoms in total. The number of aliphatic imine (C=N–C) groups is 1. The molecule has 1 saturated carbocycles. The van der Waals surface area contributed by atoms with Gasteiger partial charge in [0, 0.05) is 31.4 Å². The molecule has 3 N–H and O–H groups in total. The Morgan fingerprint density at radius 1 is 0.710 bits per heavy atom. The fraction of sp³-hybridized carbons (Fsp3) is 0.469. The van der Waals surface area contributed by atoms with E-state index >= 15 is 0 Å². The zero-order valence-electron chi connectivity index (χ0n) is 37.1. The van der Waals surface area contributed by atoms with E-state index in [4.69, 9.17) is 19.5 Å². The van der Waals surface area contributed by atoms with E-state index in [9.17, 15) is 19.2 Å². The molecule has 3 aliphatic carbocycles. The molecule has 0 unspecified atom stereocenters. The van der Waals surface area contributed by atoms with Crippen LogP contribution in [-0.4, -0.2) is 94.9 Å². The fourth-order valence-electron chi connectivity index (χ4n) is 10.2. The van der Waals surface area contributed by atoms with Gasteiger partial charge in [0.25, 0.3) is 0 Å². The largest absolute Gasteiger partial charge is 0.453 e. The highest BCUT2D eigenvalue weighted by atomic mass is 16.5. The highest BCUT2D eigenvalue weighted by Gasteiger charge is 2.41. The van der Waals surface area contributed by atoms with Gasteiger partial charge < -0.3 is 34.9 Å². The van der Waals surface area contributed by atoms with Crippen molar-refractivity contribution in [2.45, 2.75) is 110 Å². The summed E-state index contributed by atoms with van der Waals surface area (Å²) in [6.07, 6.45) is 12.2. The number of hydrogen-bond acceptors (Lipinski definition) is 8. The minimum absolute atomic E-state index is 0.117. The van der Waals surface area contributed by atoms with Gasteiger partial charge in [0.2, 0.25) is 11.8 Å². The number of allylic oxidation sites excluding steroid dienone is 1. The number of fused-ring (bicyclic) bond motifs is 2. The molecule has 0 spiro atoms. The molecule has 6 aliphatic rings. The summed E-state index contributed by atoms with van der Waals surface area (Å²) in [7, 11) is 2.60. The van der Waals surface area contributed by atoms with Crippen molar-refractivity contribution in [3.63, 3.8) is 0 Å². The number of methoxy groups -OCH3 is 2. The smallest absolute Gasteiger partial charge is 0.407 e. The number of hydrogen-bond donors (Lipinski definition) is 3. The van der Waals surface area contributed by atoms with Crippen LogP contribution >= 0.6 is 0 Å². The molecule has 4 atom stereocenters. The first-order valence-electron chi connectivity index (χ1n) is 22.0. The number of ether oxygens (including phenoxy) is 2. The Labute approximate surface area is 364 Å². The standard InChI is InChI=1S/C49H59N7O6/c1-26(2)43(53-48(59)61-7)46(57)55-24-28(5)19-39(55)37-21-34(22-50-37)36-18-17-35(41-32-13-15-33(16-14-32)42(36)41)30-9-11-31(12-10-30)38-23-51-45(52-38)40-20-29(6)25-56(40)47(58)44(27(3)4)54-49(60)62-8/h9-12,17-20,22-23,26-27,32-33,39-40,43-44H,13-16,21,24-25H2,1-8H3,(H,51,52)(H,53,59)(H,54,60)/t32?,33?,39-,40-,43-,44-/m0/s1. The summed E-state index contributed by atoms with van der Waals surface area (Å²) in [4.78, 5) is 68.8. The number of nitrogens with one attached hydrogen (secondary N) is 3. The highest BCUT2D eigenvalue weighted by Crippen LogP contribution is 2.55. The zero-order chi connectivity index (χ0) is 44.0. The lowest BCUT2D eigenvalue weighted by atomic mass is 9.63. The van der Waals surface area contributed by atoms with Crippen molar-refractivity contribution in [3.05, 3.63) is 94.6 Å². The molecular weight excluding hydrogens is 783 g/mol. The second-order valence-corrected chi connectivity index (χ2v) is 18.3. The number of aromatic amines is 1. The molecule has 62 heavy (non-hydrogen) atoms. The second-order valence-electron chi connectivity index (χ2n) is 18.3. The van der Waals surface area contributed by atoms with E-state index in [2.05, 4.69) is 58.1 Å². The molecule has 326 valence electrons. The molecule has 2 aromatic carbocycles. The number of carbonyl (C=O) groups excluding carboxylic acids is 4. The lowest BCUT2D eigenvalue weighted by molar-refractivity contribution is -0.135. The monoisotopic (exact) mass is 841 g/mol. The number of imidazole rings is 1. The van der Waals surface area contributed by atoms with Gasteiger partial charge >= 0.3 is 12.2 Å². The van der Waals surface area contributed by atoms with Gasteiger partial charge in [0.1, 0.15) is 23.9 Å². The Kier molecular flexibility index (Phi) is 12.0. The average Bonchev–Trinajstić information content (AvgIpc) is 4.11. The van der Waals surface area contributed by atoms with Crippen LogP contribution in [0.15, 0.2) is 77.1 Å². The number of aromatic nitrogens is 2. The normalized spacial score (nSPS) is 22.5. The molecule has 2 bridgehead atoms. The van der Waals surface area contributed by atoms with Crippen molar-refractivity contribution >= 4 is 35.3 Å². The first kappa shape index (κ1) is 42.7. The van der Waals surface area contributed by atoms with Crippen LogP contribution in [0.2, 0.25) is 0 Å². The Bertz CT molecular complexity index is 2380. The van der Waals surface area contributed by atoms with Crippen LogP contribution in [0, 0.1) is 11.8 Å². The van der Waals surface area contributed by atoms with Gasteiger partial charge in [-0.05, 0) is 102 Å². The van der Waals surface area contributed by atoms with Crippen molar-refractivity contribution in [2.24, 2.45) is 16.8 Å². The van der Waals surface area contributed by atoms with Gasteiger partial charge in [-0.2, -0.15) is 0 Å². The number of rotatable bonds is 11. The van der Waals surface area contributed by atoms with E-state index in [1.807, 2.05) is 64.9 Å². The third-order valence-electron chi connectivity index (χ3n) is 13.4. The summed E-state index contributed by atoms with van der Waals surface area (Å²) in [5.41, 5.74) is 12.8. The van der Waals surface area contributed by atoms with E-state index in [1.165, 1.54) is 73.3 Å². The summed E-state index contributed by atoms with van der Waals surface area (Å²) >= 11 is 0. The summed E-state index contributed by atoms with van der Waals surface area (Å²) in [5.74, 6) is 1.08. The van der Waals surface area contributed by atoms with Crippen LogP contribution in [-0.2, 0) is 19.1 Å². The van der Waals surface area contributed by atoms with E-state index in [0.717, 1.165) is 28.1 Å². The predicted molar refractivity (Wildman–Crippen MR) is 239 cm³/mol. The SMILES string of the molecule is COC(=O)N[C@H](C(=O)N1CC(C)=C[C@H]1C1=NC=C(c2ccc(-c3ccc(-c4cnc([C@@H]5C=C(C)CN5C(=O)[C@@H](NC(=O)OC)C(C)C)[nH]4)cc3)c3c2C2CCC3CC2)C1)C(C)C. The quantitative estimate of drug-likeness (QED) is 0.164. The van der Waals surface area contributed by atoms with Crippen LogP contribution < -0.4 is 10.6 Å². The number of nitrogens with zero attached hydrogens (tertiary/aromatic N) is 4. The first-order valence-corrected chi connectivity index (χ1v) is 22.0. The molecule has 0 saturated heterocycles. The Morgan fingerprint density at radius 2 is 1.21 bits per heavy atom. The molecule has 3 aromatic rings. The van der Waals surface area contributed by atoms with Crippen LogP contribution in [0.4, 0.5) is 9.59 Å². The number of benzene rings is 2. The van der Waals surface area contributed by atoms with Crippen molar-refractivity contribution < 1.29 is 28.7 Å². The summed E-state index contributed by atoms with van der Waals surface area (Å²) < 4.78 is 9.64. The number of H-pyrrole nitrogens is 1. The summed E-state index contributed by atoms with van der Waals surface area (Å²) in [5, 5.41) is 5.47. The van der Waals surface area contributed by atoms with Gasteiger partial charge in [0.15, 0.2) is 0 Å². The maximum absolute atomic E-state index is 13.9. The summed E-state index contributed by atoms with van der Waals surface area (Å²) in [6.45, 7) is 12.6. The summed E-state index contributed by atoms with van der Waals surface area (Å²) in [6, 6.07) is 11.1. The topological polar surface area (TPSA) is 158 Å². The Hall–Kier alpha value is -5.98. The molecule has 13 heteroatoms. The maximum atomic E-state index is 13.9.